The molecule has 1 fully saturated rings. The second kappa shape index (κ2) is 7.11. The summed E-state index contributed by atoms with van der Waals surface area (Å²) in [6, 6.07) is 12.3. The van der Waals surface area contributed by atoms with Crippen LogP contribution in [-0.2, 0) is 0 Å². The van der Waals surface area contributed by atoms with Crippen molar-refractivity contribution in [2.75, 3.05) is 12.0 Å². The maximum absolute atomic E-state index is 8.40. The number of amidine groups is 1. The molecular formula is C16H11Cl2N3OS2. The molecule has 0 aliphatic carbocycles. The molecule has 122 valence electrons. The number of ether oxygens (including phenoxy) is 1. The fourth-order valence-electron chi connectivity index (χ4n) is 2.15. The first-order valence-corrected chi connectivity index (χ1v) is 8.76. The summed E-state index contributed by atoms with van der Waals surface area (Å²) in [7, 11) is 1.56. The van der Waals surface area contributed by atoms with Crippen LogP contribution in [0.4, 0.5) is 11.4 Å². The number of thiocarbonyl (C=S) groups is 1. The predicted octanol–water partition coefficient (Wildman–Crippen LogP) is 5.55. The van der Waals surface area contributed by atoms with E-state index in [1.165, 1.54) is 11.8 Å². The zero-order valence-corrected chi connectivity index (χ0v) is 15.6. The van der Waals surface area contributed by atoms with E-state index in [-0.39, 0.29) is 5.84 Å². The largest absolute Gasteiger partial charge is 0.494 e. The van der Waals surface area contributed by atoms with Crippen molar-refractivity contribution in [2.45, 2.75) is 0 Å². The maximum atomic E-state index is 8.40. The molecule has 0 aromatic heterocycles. The Morgan fingerprint density at radius 3 is 2.62 bits per heavy atom. The summed E-state index contributed by atoms with van der Waals surface area (Å²) >= 11 is 18.7. The average Bonchev–Trinajstić information content (AvgIpc) is 2.81. The third-order valence-corrected chi connectivity index (χ3v) is 4.96. The molecule has 0 amide bonds. The predicted molar refractivity (Wildman–Crippen MR) is 107 cm³/mol. The summed E-state index contributed by atoms with van der Waals surface area (Å²) < 4.78 is 5.81. The summed E-state index contributed by atoms with van der Waals surface area (Å²) in [5, 5.41) is 9.99. The van der Waals surface area contributed by atoms with Gasteiger partial charge in [-0.15, -0.1) is 0 Å². The van der Waals surface area contributed by atoms with Crippen molar-refractivity contribution in [3.05, 3.63) is 52.5 Å². The molecule has 0 atom stereocenters. The lowest BCUT2D eigenvalue weighted by Gasteiger charge is -2.16. The Hall–Kier alpha value is -1.60. The third-order valence-electron chi connectivity index (χ3n) is 3.22. The number of aliphatic imine (C=N–C) groups is 1. The van der Waals surface area contributed by atoms with Crippen molar-refractivity contribution >= 4 is 73.8 Å². The van der Waals surface area contributed by atoms with Gasteiger partial charge in [0.25, 0.3) is 0 Å². The number of rotatable bonds is 3. The van der Waals surface area contributed by atoms with Gasteiger partial charge in [-0.05, 0) is 48.2 Å². The van der Waals surface area contributed by atoms with Crippen LogP contribution in [-0.4, -0.2) is 22.3 Å². The third kappa shape index (κ3) is 3.42. The van der Waals surface area contributed by atoms with Crippen LogP contribution < -0.4 is 9.64 Å². The van der Waals surface area contributed by atoms with E-state index in [4.69, 9.17) is 45.6 Å². The Morgan fingerprint density at radius 1 is 1.17 bits per heavy atom. The highest BCUT2D eigenvalue weighted by atomic mass is 35.5. The topological polar surface area (TPSA) is 48.7 Å². The minimum Gasteiger partial charge on any atom is -0.494 e. The summed E-state index contributed by atoms with van der Waals surface area (Å²) in [5.74, 6) is 0.765. The highest BCUT2D eigenvalue weighted by molar-refractivity contribution is 8.35. The molecular weight excluding hydrogens is 385 g/mol. The highest BCUT2D eigenvalue weighted by Crippen LogP contribution is 2.35. The zero-order valence-electron chi connectivity index (χ0n) is 12.4. The van der Waals surface area contributed by atoms with Gasteiger partial charge < -0.3 is 4.74 Å². The summed E-state index contributed by atoms with van der Waals surface area (Å²) in [4.78, 5) is 6.13. The van der Waals surface area contributed by atoms with E-state index in [1.54, 1.807) is 42.3 Å². The molecule has 2 aromatic rings. The number of hydrogen-bond donors (Lipinski definition) is 1. The summed E-state index contributed by atoms with van der Waals surface area (Å²) in [5.41, 5.74) is 1.28. The van der Waals surface area contributed by atoms with Gasteiger partial charge in [-0.1, -0.05) is 41.5 Å². The van der Waals surface area contributed by atoms with Gasteiger partial charge in [0, 0.05) is 10.0 Å². The van der Waals surface area contributed by atoms with Crippen LogP contribution >= 0.6 is 47.2 Å². The van der Waals surface area contributed by atoms with E-state index >= 15 is 0 Å². The van der Waals surface area contributed by atoms with Gasteiger partial charge in [-0.2, -0.15) is 0 Å². The maximum Gasteiger partial charge on any atom is 0.164 e. The van der Waals surface area contributed by atoms with Gasteiger partial charge in [0.1, 0.15) is 16.5 Å². The molecule has 0 bridgehead atoms. The number of nitrogens with zero attached hydrogens (tertiary/aromatic N) is 2. The van der Waals surface area contributed by atoms with E-state index in [1.807, 2.05) is 12.1 Å². The molecule has 4 nitrogen and oxygen atoms in total. The Kier molecular flexibility index (Phi) is 5.10. The van der Waals surface area contributed by atoms with Crippen LogP contribution in [0.15, 0.2) is 47.5 Å². The van der Waals surface area contributed by atoms with Gasteiger partial charge in [-0.3, -0.25) is 10.3 Å². The fourth-order valence-corrected chi connectivity index (χ4v) is 3.72. The normalized spacial score (nSPS) is 16.1. The number of hydrogen-bond acceptors (Lipinski definition) is 5. The van der Waals surface area contributed by atoms with Gasteiger partial charge >= 0.3 is 0 Å². The molecule has 3 rings (SSSR count). The van der Waals surface area contributed by atoms with Gasteiger partial charge in [0.2, 0.25) is 0 Å². The molecule has 0 unspecified atom stereocenters. The minimum absolute atomic E-state index is 0.189. The standard InChI is InChI=1S/C16H11Cl2N3OS2/c1-22-13-6-5-10(18)8-12(13)20-15-14(19)21(16(23)24-15)11-4-2-3-9(17)7-11/h2-8,19H,1H3. The van der Waals surface area contributed by atoms with Gasteiger partial charge in [-0.25, -0.2) is 4.99 Å². The molecule has 1 heterocycles. The summed E-state index contributed by atoms with van der Waals surface area (Å²) in [6.07, 6.45) is 0. The molecule has 1 saturated heterocycles. The first kappa shape index (κ1) is 17.2. The smallest absolute Gasteiger partial charge is 0.164 e. The number of benzene rings is 2. The van der Waals surface area contributed by atoms with Gasteiger partial charge in [0.15, 0.2) is 10.2 Å². The van der Waals surface area contributed by atoms with Crippen molar-refractivity contribution < 1.29 is 4.74 Å². The Balaban J connectivity index is 1.99. The number of methoxy groups -OCH3 is 1. The van der Waals surface area contributed by atoms with Crippen LogP contribution in [0.25, 0.3) is 0 Å². The molecule has 8 heteroatoms. The van der Waals surface area contributed by atoms with E-state index in [2.05, 4.69) is 4.99 Å². The quantitative estimate of drug-likeness (QED) is 0.692. The molecule has 0 saturated carbocycles. The van der Waals surface area contributed by atoms with Crippen LogP contribution in [0.2, 0.25) is 10.0 Å². The number of nitrogens with one attached hydrogen (secondary N) is 1. The van der Waals surface area contributed by atoms with Gasteiger partial charge in [0.05, 0.1) is 12.8 Å². The Labute approximate surface area is 158 Å². The van der Waals surface area contributed by atoms with Crippen molar-refractivity contribution in [1.82, 2.24) is 0 Å². The van der Waals surface area contributed by atoms with E-state index in [0.717, 1.165) is 5.69 Å². The van der Waals surface area contributed by atoms with Crippen molar-refractivity contribution in [1.29, 1.82) is 5.41 Å². The van der Waals surface area contributed by atoms with Crippen LogP contribution in [0.5, 0.6) is 5.75 Å². The highest BCUT2D eigenvalue weighted by Gasteiger charge is 2.32. The van der Waals surface area contributed by atoms with Crippen LogP contribution in [0.1, 0.15) is 0 Å². The first-order chi connectivity index (χ1) is 11.5. The van der Waals surface area contributed by atoms with Crippen LogP contribution in [0.3, 0.4) is 0 Å². The lowest BCUT2D eigenvalue weighted by atomic mass is 10.3. The second-order valence-electron chi connectivity index (χ2n) is 4.76. The Bertz CT molecular complexity index is 870. The monoisotopic (exact) mass is 395 g/mol. The lowest BCUT2D eigenvalue weighted by Crippen LogP contribution is -2.28. The van der Waals surface area contributed by atoms with Crippen molar-refractivity contribution in [3.63, 3.8) is 0 Å². The number of thioether (sulfide) groups is 1. The Morgan fingerprint density at radius 2 is 1.92 bits per heavy atom. The number of anilines is 1. The summed E-state index contributed by atoms with van der Waals surface area (Å²) in [6.45, 7) is 0. The number of halogens is 2. The first-order valence-electron chi connectivity index (χ1n) is 6.78. The molecule has 24 heavy (non-hydrogen) atoms. The fraction of sp³-hybridized carbons (Fsp3) is 0.0625. The molecule has 1 aliphatic rings. The minimum atomic E-state index is 0.189. The molecule has 2 aromatic carbocycles. The van der Waals surface area contributed by atoms with Crippen molar-refractivity contribution in [2.24, 2.45) is 4.99 Å². The van der Waals surface area contributed by atoms with E-state index in [9.17, 15) is 0 Å². The SMILES string of the molecule is COc1ccc(Cl)cc1N=C1SC(=S)N(c2cccc(Cl)c2)C1=N. The molecule has 0 spiro atoms. The molecule has 0 radical (unpaired) electrons. The lowest BCUT2D eigenvalue weighted by molar-refractivity contribution is 0.416. The second-order valence-corrected chi connectivity index (χ2v) is 7.26. The molecule has 1 aliphatic heterocycles. The van der Waals surface area contributed by atoms with Crippen LogP contribution in [0, 0.1) is 5.41 Å². The van der Waals surface area contributed by atoms with E-state index in [0.29, 0.717) is 30.8 Å². The molecule has 1 N–H and O–H groups in total. The van der Waals surface area contributed by atoms with Crippen molar-refractivity contribution in [3.8, 4) is 5.75 Å². The average molecular weight is 396 g/mol. The van der Waals surface area contributed by atoms with E-state index < -0.39 is 0 Å². The zero-order chi connectivity index (χ0) is 17.3.